The zero-order chi connectivity index (χ0) is 8.10. The molecule has 1 atom stereocenters. The van der Waals surface area contributed by atoms with E-state index in [1.165, 1.54) is 0 Å². The molecular formula is C7H8N2OS. The summed E-state index contributed by atoms with van der Waals surface area (Å²) < 4.78 is 7.65. The molecule has 1 aromatic heterocycles. The fourth-order valence-corrected chi connectivity index (χ4v) is 1.15. The Morgan fingerprint density at radius 2 is 2.64 bits per heavy atom. The van der Waals surface area contributed by atoms with Gasteiger partial charge < -0.3 is 5.11 Å². The maximum atomic E-state index is 9.35. The Hall–Kier alpha value is -0.920. The van der Waals surface area contributed by atoms with Crippen molar-refractivity contribution in [3.63, 3.8) is 0 Å². The van der Waals surface area contributed by atoms with Crippen molar-refractivity contribution in [2.45, 2.75) is 18.9 Å². The van der Waals surface area contributed by atoms with E-state index in [9.17, 15) is 5.11 Å². The molecule has 4 heteroatoms. The smallest absolute Gasteiger partial charge is 0.103 e. The van der Waals surface area contributed by atoms with E-state index in [0.29, 0.717) is 18.5 Å². The highest BCUT2D eigenvalue weighted by atomic mass is 32.1. The van der Waals surface area contributed by atoms with Crippen molar-refractivity contribution in [1.82, 2.24) is 8.75 Å². The molecule has 0 fully saturated rings. The fraction of sp³-hybridized carbons (Fsp3) is 0.429. The van der Waals surface area contributed by atoms with Crippen molar-refractivity contribution >= 4 is 11.7 Å². The van der Waals surface area contributed by atoms with E-state index in [0.717, 1.165) is 11.7 Å². The molecule has 11 heavy (non-hydrogen) atoms. The number of aliphatic hydroxyl groups excluding tert-OH is 1. The van der Waals surface area contributed by atoms with Crippen LogP contribution in [0.3, 0.4) is 0 Å². The van der Waals surface area contributed by atoms with E-state index in [-0.39, 0.29) is 0 Å². The van der Waals surface area contributed by atoms with Crippen molar-refractivity contribution < 1.29 is 5.11 Å². The lowest BCUT2D eigenvalue weighted by atomic mass is 10.1. The van der Waals surface area contributed by atoms with Crippen LogP contribution in [0.5, 0.6) is 0 Å². The van der Waals surface area contributed by atoms with E-state index in [2.05, 4.69) is 14.7 Å². The second kappa shape index (κ2) is 4.06. The summed E-state index contributed by atoms with van der Waals surface area (Å²) in [4.78, 5) is 0. The zero-order valence-corrected chi connectivity index (χ0v) is 6.71. The number of rotatable bonds is 3. The van der Waals surface area contributed by atoms with Crippen molar-refractivity contribution in [3.8, 4) is 12.3 Å². The molecule has 0 bridgehead atoms. The lowest BCUT2D eigenvalue weighted by Gasteiger charge is -2.02. The van der Waals surface area contributed by atoms with Crippen molar-refractivity contribution in [2.24, 2.45) is 0 Å². The third-order valence-electron chi connectivity index (χ3n) is 1.28. The summed E-state index contributed by atoms with van der Waals surface area (Å²) >= 11 is 1.09. The summed E-state index contributed by atoms with van der Waals surface area (Å²) in [7, 11) is 0. The Morgan fingerprint density at radius 1 is 1.82 bits per heavy atom. The molecule has 1 unspecified atom stereocenters. The molecule has 3 nitrogen and oxygen atoms in total. The van der Waals surface area contributed by atoms with Gasteiger partial charge in [0, 0.05) is 6.42 Å². The van der Waals surface area contributed by atoms with Gasteiger partial charge in [-0.2, -0.15) is 8.75 Å². The molecule has 0 aromatic carbocycles. The summed E-state index contributed by atoms with van der Waals surface area (Å²) in [6.45, 7) is 0. The molecule has 1 rings (SSSR count). The number of hydrogen-bond acceptors (Lipinski definition) is 4. The topological polar surface area (TPSA) is 46.0 Å². The highest BCUT2D eigenvalue weighted by Gasteiger charge is 2.08. The Morgan fingerprint density at radius 3 is 3.18 bits per heavy atom. The Kier molecular flexibility index (Phi) is 3.02. The number of aliphatic hydroxyl groups is 1. The quantitative estimate of drug-likeness (QED) is 0.684. The lowest BCUT2D eigenvalue weighted by Crippen LogP contribution is -1.96. The van der Waals surface area contributed by atoms with Gasteiger partial charge in [0.1, 0.15) is 5.69 Å². The number of hydrogen-bond donors (Lipinski definition) is 1. The summed E-state index contributed by atoms with van der Waals surface area (Å²) in [5.74, 6) is 2.46. The molecule has 0 spiro atoms. The summed E-state index contributed by atoms with van der Waals surface area (Å²) in [6, 6.07) is 0. The average molecular weight is 168 g/mol. The lowest BCUT2D eigenvalue weighted by molar-refractivity contribution is 0.165. The van der Waals surface area contributed by atoms with Gasteiger partial charge in [0.15, 0.2) is 0 Å². The molecule has 1 heterocycles. The molecule has 0 saturated carbocycles. The molecule has 1 N–H and O–H groups in total. The number of terminal acetylenes is 1. The first kappa shape index (κ1) is 8.18. The monoisotopic (exact) mass is 168 g/mol. The van der Waals surface area contributed by atoms with Gasteiger partial charge >= 0.3 is 0 Å². The van der Waals surface area contributed by atoms with Crippen molar-refractivity contribution in [1.29, 1.82) is 0 Å². The van der Waals surface area contributed by atoms with E-state index < -0.39 is 6.10 Å². The Balaban J connectivity index is 2.44. The van der Waals surface area contributed by atoms with Gasteiger partial charge in [0.25, 0.3) is 0 Å². The third-order valence-corrected chi connectivity index (χ3v) is 1.77. The predicted molar refractivity (Wildman–Crippen MR) is 42.9 cm³/mol. The van der Waals surface area contributed by atoms with E-state index in [1.54, 1.807) is 6.20 Å². The van der Waals surface area contributed by atoms with Gasteiger partial charge in [0.05, 0.1) is 24.0 Å². The molecule has 0 aliphatic rings. The zero-order valence-electron chi connectivity index (χ0n) is 5.90. The normalized spacial score (nSPS) is 12.4. The fourth-order valence-electron chi connectivity index (χ4n) is 0.687. The van der Waals surface area contributed by atoms with Crippen LogP contribution in [0.2, 0.25) is 0 Å². The molecule has 0 amide bonds. The van der Waals surface area contributed by atoms with Gasteiger partial charge in [-0.1, -0.05) is 0 Å². The standard InChI is InChI=1S/C7H8N2OS/c1-2-3-4-7(10)6-5-8-11-9-6/h1,5,7,10H,3-4H2. The summed E-state index contributed by atoms with van der Waals surface area (Å²) in [5, 5.41) is 9.35. The average Bonchev–Trinajstić information content (AvgIpc) is 2.52. The van der Waals surface area contributed by atoms with Gasteiger partial charge in [-0.3, -0.25) is 0 Å². The van der Waals surface area contributed by atoms with E-state index >= 15 is 0 Å². The highest BCUT2D eigenvalue weighted by Crippen LogP contribution is 2.14. The first-order chi connectivity index (χ1) is 5.34. The van der Waals surface area contributed by atoms with Crippen LogP contribution in [0.1, 0.15) is 24.6 Å². The van der Waals surface area contributed by atoms with Crippen LogP contribution in [0.15, 0.2) is 6.20 Å². The maximum Gasteiger partial charge on any atom is 0.103 e. The first-order valence-corrected chi connectivity index (χ1v) is 3.96. The minimum Gasteiger partial charge on any atom is -0.387 e. The van der Waals surface area contributed by atoms with E-state index in [1.807, 2.05) is 0 Å². The van der Waals surface area contributed by atoms with Gasteiger partial charge in [-0.05, 0) is 6.42 Å². The summed E-state index contributed by atoms with van der Waals surface area (Å²) in [6.07, 6.45) is 7.17. The highest BCUT2D eigenvalue weighted by molar-refractivity contribution is 6.99. The number of nitrogens with zero attached hydrogens (tertiary/aromatic N) is 2. The van der Waals surface area contributed by atoms with Gasteiger partial charge in [0.2, 0.25) is 0 Å². The Labute approximate surface area is 69.4 Å². The van der Waals surface area contributed by atoms with Crippen LogP contribution in [0.4, 0.5) is 0 Å². The molecule has 0 saturated heterocycles. The van der Waals surface area contributed by atoms with Crippen LogP contribution in [0, 0.1) is 12.3 Å². The Bertz CT molecular complexity index is 239. The second-order valence-electron chi connectivity index (χ2n) is 2.09. The summed E-state index contributed by atoms with van der Waals surface area (Å²) in [5.41, 5.74) is 0.616. The SMILES string of the molecule is C#CCCC(O)c1cnsn1. The van der Waals surface area contributed by atoms with Crippen LogP contribution in [-0.2, 0) is 0 Å². The van der Waals surface area contributed by atoms with Crippen LogP contribution in [-0.4, -0.2) is 13.9 Å². The third kappa shape index (κ3) is 2.30. The van der Waals surface area contributed by atoms with Gasteiger partial charge in [-0.25, -0.2) is 0 Å². The predicted octanol–water partition coefficient (Wildman–Crippen LogP) is 0.985. The van der Waals surface area contributed by atoms with Crippen molar-refractivity contribution in [2.75, 3.05) is 0 Å². The first-order valence-electron chi connectivity index (χ1n) is 3.23. The molecule has 0 aliphatic heterocycles. The van der Waals surface area contributed by atoms with Gasteiger partial charge in [-0.15, -0.1) is 12.3 Å². The minimum absolute atomic E-state index is 0.551. The van der Waals surface area contributed by atoms with E-state index in [4.69, 9.17) is 6.42 Å². The molecular weight excluding hydrogens is 160 g/mol. The van der Waals surface area contributed by atoms with Crippen molar-refractivity contribution in [3.05, 3.63) is 11.9 Å². The maximum absolute atomic E-state index is 9.35. The molecule has 1 aromatic rings. The molecule has 0 radical (unpaired) electrons. The minimum atomic E-state index is -0.551. The largest absolute Gasteiger partial charge is 0.387 e. The van der Waals surface area contributed by atoms with Crippen LogP contribution >= 0.6 is 11.7 Å². The molecule has 0 aliphatic carbocycles. The second-order valence-corrected chi connectivity index (χ2v) is 2.65. The number of aromatic nitrogens is 2. The molecule has 58 valence electrons. The van der Waals surface area contributed by atoms with Crippen LogP contribution in [0.25, 0.3) is 0 Å². The van der Waals surface area contributed by atoms with Crippen LogP contribution < -0.4 is 0 Å².